The molecular weight excluding hydrogens is 400 g/mol. The van der Waals surface area contributed by atoms with Gasteiger partial charge in [0.05, 0.1) is 12.7 Å². The van der Waals surface area contributed by atoms with Crippen LogP contribution in [0.5, 0.6) is 17.2 Å². The molecule has 0 aliphatic heterocycles. The van der Waals surface area contributed by atoms with Crippen molar-refractivity contribution in [1.29, 1.82) is 0 Å². The highest BCUT2D eigenvalue weighted by Crippen LogP contribution is 2.34. The maximum atomic E-state index is 13.1. The van der Waals surface area contributed by atoms with Crippen molar-refractivity contribution in [2.45, 2.75) is 26.9 Å². The van der Waals surface area contributed by atoms with Crippen LogP contribution >= 0.6 is 0 Å². The maximum absolute atomic E-state index is 13.1. The van der Waals surface area contributed by atoms with Crippen LogP contribution in [0.2, 0.25) is 0 Å². The van der Waals surface area contributed by atoms with Crippen molar-refractivity contribution < 1.29 is 19.4 Å². The highest BCUT2D eigenvalue weighted by atomic mass is 16.5. The summed E-state index contributed by atoms with van der Waals surface area (Å²) in [6, 6.07) is 20.1. The fourth-order valence-electron chi connectivity index (χ4n) is 3.24. The molecule has 0 saturated carbocycles. The lowest BCUT2D eigenvalue weighted by atomic mass is 10.00. The number of benzene rings is 3. The lowest BCUT2D eigenvalue weighted by molar-refractivity contribution is 0.104. The summed E-state index contributed by atoms with van der Waals surface area (Å²) in [7, 11) is 1.62. The zero-order chi connectivity index (χ0) is 22.9. The number of methoxy groups -OCH3 is 1. The van der Waals surface area contributed by atoms with Gasteiger partial charge in [-0.25, -0.2) is 0 Å². The van der Waals surface area contributed by atoms with Crippen molar-refractivity contribution in [1.82, 2.24) is 0 Å². The first-order valence-electron chi connectivity index (χ1n) is 10.5. The molecule has 0 aliphatic carbocycles. The van der Waals surface area contributed by atoms with Crippen molar-refractivity contribution in [3.63, 3.8) is 0 Å². The Balaban J connectivity index is 1.98. The van der Waals surface area contributed by atoms with Crippen molar-refractivity contribution >= 4 is 11.9 Å². The Morgan fingerprint density at radius 3 is 2.34 bits per heavy atom. The van der Waals surface area contributed by atoms with Crippen LogP contribution in [0, 0.1) is 0 Å². The second-order valence-corrected chi connectivity index (χ2v) is 7.67. The molecule has 0 aliphatic rings. The van der Waals surface area contributed by atoms with Gasteiger partial charge in [0.2, 0.25) is 0 Å². The number of allylic oxidation sites excluding steroid dienone is 3. The van der Waals surface area contributed by atoms with E-state index in [4.69, 9.17) is 9.47 Å². The van der Waals surface area contributed by atoms with Gasteiger partial charge in [-0.15, -0.1) is 0 Å². The van der Waals surface area contributed by atoms with Crippen molar-refractivity contribution in [3.8, 4) is 17.2 Å². The summed E-state index contributed by atoms with van der Waals surface area (Å²) < 4.78 is 11.8. The lowest BCUT2D eigenvalue weighted by Gasteiger charge is -2.17. The Labute approximate surface area is 189 Å². The van der Waals surface area contributed by atoms with E-state index in [-0.39, 0.29) is 11.5 Å². The van der Waals surface area contributed by atoms with Crippen LogP contribution in [0.4, 0.5) is 0 Å². The molecule has 4 heteroatoms. The third-order valence-electron chi connectivity index (χ3n) is 4.96. The van der Waals surface area contributed by atoms with E-state index < -0.39 is 0 Å². The normalized spacial score (nSPS) is 10.7. The number of hydrogen-bond acceptors (Lipinski definition) is 4. The van der Waals surface area contributed by atoms with Gasteiger partial charge in [-0.3, -0.25) is 4.79 Å². The summed E-state index contributed by atoms with van der Waals surface area (Å²) in [6.45, 7) is 4.41. The number of ether oxygens (including phenoxy) is 2. The van der Waals surface area contributed by atoms with E-state index in [1.807, 2.05) is 50.2 Å². The van der Waals surface area contributed by atoms with E-state index in [1.54, 1.807) is 43.5 Å². The summed E-state index contributed by atoms with van der Waals surface area (Å²) in [6.07, 6.45) is 5.93. The zero-order valence-corrected chi connectivity index (χ0v) is 18.7. The SMILES string of the molecule is COc1ccc(C(=O)C=Cc2ccc(O)cc2)c(OCc2ccccc2)c1CC=C(C)C. The Morgan fingerprint density at radius 2 is 1.69 bits per heavy atom. The van der Waals surface area contributed by atoms with E-state index in [9.17, 15) is 9.90 Å². The summed E-state index contributed by atoms with van der Waals surface area (Å²) in [4.78, 5) is 13.1. The Hall–Kier alpha value is -3.79. The molecule has 0 radical (unpaired) electrons. The molecule has 0 amide bonds. The van der Waals surface area contributed by atoms with E-state index in [0.29, 0.717) is 30.1 Å². The predicted octanol–water partition coefficient (Wildman–Crippen LogP) is 6.38. The van der Waals surface area contributed by atoms with Gasteiger partial charge >= 0.3 is 0 Å². The average molecular weight is 429 g/mol. The lowest BCUT2D eigenvalue weighted by Crippen LogP contribution is -2.07. The highest BCUT2D eigenvalue weighted by molar-refractivity contribution is 6.09. The van der Waals surface area contributed by atoms with Crippen molar-refractivity contribution in [2.24, 2.45) is 0 Å². The van der Waals surface area contributed by atoms with Crippen LogP contribution in [0.25, 0.3) is 6.08 Å². The monoisotopic (exact) mass is 428 g/mol. The molecule has 0 saturated heterocycles. The van der Waals surface area contributed by atoms with Gasteiger partial charge in [0.1, 0.15) is 23.9 Å². The molecule has 0 spiro atoms. The minimum absolute atomic E-state index is 0.165. The maximum Gasteiger partial charge on any atom is 0.189 e. The minimum Gasteiger partial charge on any atom is -0.508 e. The van der Waals surface area contributed by atoms with Crippen molar-refractivity contribution in [2.75, 3.05) is 7.11 Å². The largest absolute Gasteiger partial charge is 0.508 e. The molecule has 164 valence electrons. The van der Waals surface area contributed by atoms with Gasteiger partial charge in [-0.1, -0.05) is 60.2 Å². The molecule has 0 unspecified atom stereocenters. The molecule has 4 nitrogen and oxygen atoms in total. The first-order chi connectivity index (χ1) is 15.5. The molecule has 3 aromatic rings. The van der Waals surface area contributed by atoms with Gasteiger partial charge in [-0.2, -0.15) is 0 Å². The van der Waals surface area contributed by atoms with E-state index in [0.717, 1.165) is 16.7 Å². The number of carbonyl (C=O) groups excluding carboxylic acids is 1. The second kappa shape index (κ2) is 11.0. The van der Waals surface area contributed by atoms with Gasteiger partial charge in [0.25, 0.3) is 0 Å². The van der Waals surface area contributed by atoms with Crippen LogP contribution in [-0.4, -0.2) is 18.0 Å². The van der Waals surface area contributed by atoms with Gasteiger partial charge in [0, 0.05) is 5.56 Å². The first kappa shape index (κ1) is 22.9. The highest BCUT2D eigenvalue weighted by Gasteiger charge is 2.19. The van der Waals surface area contributed by atoms with E-state index in [1.165, 1.54) is 11.6 Å². The third kappa shape index (κ3) is 6.11. The minimum atomic E-state index is -0.165. The molecular formula is C28H28O4. The quantitative estimate of drug-likeness (QED) is 0.244. The molecule has 0 bridgehead atoms. The zero-order valence-electron chi connectivity index (χ0n) is 18.7. The number of rotatable bonds is 9. The fourth-order valence-corrected chi connectivity index (χ4v) is 3.24. The third-order valence-corrected chi connectivity index (χ3v) is 4.96. The summed E-state index contributed by atoms with van der Waals surface area (Å²) in [5, 5.41) is 9.45. The van der Waals surface area contributed by atoms with Gasteiger partial charge in [0.15, 0.2) is 5.78 Å². The van der Waals surface area contributed by atoms with E-state index >= 15 is 0 Å². The molecule has 0 atom stereocenters. The molecule has 1 N–H and O–H groups in total. The van der Waals surface area contributed by atoms with Crippen LogP contribution in [0.3, 0.4) is 0 Å². The Kier molecular flexibility index (Phi) is 7.87. The molecule has 0 aromatic heterocycles. The molecule has 3 rings (SSSR count). The first-order valence-corrected chi connectivity index (χ1v) is 10.5. The fraction of sp³-hybridized carbons (Fsp3) is 0.179. The van der Waals surface area contributed by atoms with E-state index in [2.05, 4.69) is 6.08 Å². The number of carbonyl (C=O) groups is 1. The average Bonchev–Trinajstić information content (AvgIpc) is 2.81. The standard InChI is InChI=1S/C28H28O4/c1-20(2)9-15-25-27(31-3)18-16-24(28(25)32-19-22-7-5-4-6-8-22)26(30)17-12-21-10-13-23(29)14-11-21/h4-14,16-18,29H,15,19H2,1-3H3. The molecule has 0 fully saturated rings. The molecule has 0 heterocycles. The molecule has 32 heavy (non-hydrogen) atoms. The molecule has 3 aromatic carbocycles. The predicted molar refractivity (Wildman–Crippen MR) is 128 cm³/mol. The number of hydrogen-bond donors (Lipinski definition) is 1. The topological polar surface area (TPSA) is 55.8 Å². The van der Waals surface area contributed by atoms with Crippen LogP contribution in [0.15, 0.2) is 84.5 Å². The number of ketones is 1. The second-order valence-electron chi connectivity index (χ2n) is 7.67. The smallest absolute Gasteiger partial charge is 0.189 e. The summed E-state index contributed by atoms with van der Waals surface area (Å²) >= 11 is 0. The number of phenols is 1. The number of aromatic hydroxyl groups is 1. The van der Waals surface area contributed by atoms with Gasteiger partial charge in [-0.05, 0) is 61.7 Å². The van der Waals surface area contributed by atoms with Crippen LogP contribution < -0.4 is 9.47 Å². The Morgan fingerprint density at radius 1 is 0.969 bits per heavy atom. The van der Waals surface area contributed by atoms with Crippen molar-refractivity contribution in [3.05, 3.63) is 107 Å². The Bertz CT molecular complexity index is 1110. The summed E-state index contributed by atoms with van der Waals surface area (Å²) in [5.41, 5.74) is 4.33. The summed E-state index contributed by atoms with van der Waals surface area (Å²) in [5.74, 6) is 1.24. The van der Waals surface area contributed by atoms with Crippen LogP contribution in [0.1, 0.15) is 40.9 Å². The van der Waals surface area contributed by atoms with Crippen LogP contribution in [-0.2, 0) is 13.0 Å². The number of phenolic OH excluding ortho intramolecular Hbond substituents is 1. The van der Waals surface area contributed by atoms with Gasteiger partial charge < -0.3 is 14.6 Å².